The Balaban J connectivity index is 2.07. The molecule has 82 valence electrons. The van der Waals surface area contributed by atoms with Gasteiger partial charge in [-0.1, -0.05) is 24.3 Å². The van der Waals surface area contributed by atoms with Gasteiger partial charge in [0.2, 0.25) is 0 Å². The van der Waals surface area contributed by atoms with E-state index in [0.717, 1.165) is 23.5 Å². The molecule has 0 bridgehead atoms. The highest BCUT2D eigenvalue weighted by Crippen LogP contribution is 2.26. The lowest BCUT2D eigenvalue weighted by atomic mass is 10.0. The van der Waals surface area contributed by atoms with Crippen LogP contribution >= 0.6 is 0 Å². The third-order valence-electron chi connectivity index (χ3n) is 2.81. The van der Waals surface area contributed by atoms with Gasteiger partial charge in [-0.2, -0.15) is 5.26 Å². The molecule has 0 aliphatic carbocycles. The summed E-state index contributed by atoms with van der Waals surface area (Å²) in [6.45, 7) is 0. The number of pyridine rings is 1. The fourth-order valence-corrected chi connectivity index (χ4v) is 1.93. The molecular formula is C13H10N4. The smallest absolute Gasteiger partial charge is 0.149 e. The number of para-hydroxylation sites is 1. The number of hydrazine groups is 1. The van der Waals surface area contributed by atoms with Crippen molar-refractivity contribution in [3.8, 4) is 6.07 Å². The van der Waals surface area contributed by atoms with Crippen LogP contribution in [0.3, 0.4) is 0 Å². The molecule has 0 amide bonds. The van der Waals surface area contributed by atoms with Crippen molar-refractivity contribution in [2.75, 3.05) is 10.9 Å². The van der Waals surface area contributed by atoms with E-state index in [1.165, 1.54) is 5.56 Å². The van der Waals surface area contributed by atoms with Gasteiger partial charge in [0.1, 0.15) is 17.6 Å². The van der Waals surface area contributed by atoms with Crippen LogP contribution in [-0.2, 0) is 6.42 Å². The number of anilines is 2. The SMILES string of the molecule is N#Cc1ccc2c(n1)NNc1ccccc1C2. The van der Waals surface area contributed by atoms with Crippen molar-refractivity contribution in [3.05, 3.63) is 53.2 Å². The number of nitrogens with one attached hydrogen (secondary N) is 2. The first-order chi connectivity index (χ1) is 8.36. The summed E-state index contributed by atoms with van der Waals surface area (Å²) < 4.78 is 0. The van der Waals surface area contributed by atoms with Crippen molar-refractivity contribution in [2.24, 2.45) is 0 Å². The second-order valence-corrected chi connectivity index (χ2v) is 3.90. The topological polar surface area (TPSA) is 60.7 Å². The van der Waals surface area contributed by atoms with Crippen LogP contribution < -0.4 is 10.9 Å². The number of rotatable bonds is 0. The molecule has 0 saturated carbocycles. The van der Waals surface area contributed by atoms with E-state index in [2.05, 4.69) is 21.9 Å². The Hall–Kier alpha value is -2.54. The summed E-state index contributed by atoms with van der Waals surface area (Å²) in [6.07, 6.45) is 0.810. The summed E-state index contributed by atoms with van der Waals surface area (Å²) in [5.74, 6) is 0.722. The molecule has 2 heterocycles. The molecule has 0 radical (unpaired) electrons. The lowest BCUT2D eigenvalue weighted by molar-refractivity contribution is 1.15. The van der Waals surface area contributed by atoms with Crippen molar-refractivity contribution < 1.29 is 0 Å². The molecular weight excluding hydrogens is 212 g/mol. The Bertz CT molecular complexity index is 613. The van der Waals surface area contributed by atoms with Crippen molar-refractivity contribution in [3.63, 3.8) is 0 Å². The molecule has 1 aromatic carbocycles. The summed E-state index contributed by atoms with van der Waals surface area (Å²) in [7, 11) is 0. The number of fused-ring (bicyclic) bond motifs is 2. The summed E-state index contributed by atoms with van der Waals surface area (Å²) in [5, 5.41) is 8.82. The van der Waals surface area contributed by atoms with Crippen molar-refractivity contribution in [2.45, 2.75) is 6.42 Å². The molecule has 0 unspecified atom stereocenters. The van der Waals surface area contributed by atoms with Gasteiger partial charge in [0.05, 0.1) is 5.69 Å². The van der Waals surface area contributed by atoms with E-state index in [-0.39, 0.29) is 0 Å². The van der Waals surface area contributed by atoms with Gasteiger partial charge in [-0.15, -0.1) is 0 Å². The molecule has 0 atom stereocenters. The molecule has 2 aromatic rings. The van der Waals surface area contributed by atoms with Crippen molar-refractivity contribution in [1.29, 1.82) is 5.26 Å². The maximum atomic E-state index is 8.82. The number of hydrogen-bond donors (Lipinski definition) is 2. The van der Waals surface area contributed by atoms with Gasteiger partial charge in [0.25, 0.3) is 0 Å². The second kappa shape index (κ2) is 3.80. The van der Waals surface area contributed by atoms with Gasteiger partial charge in [0.15, 0.2) is 0 Å². The third kappa shape index (κ3) is 1.68. The molecule has 4 nitrogen and oxygen atoms in total. The van der Waals surface area contributed by atoms with E-state index in [1.54, 1.807) is 6.07 Å². The highest BCUT2D eigenvalue weighted by Gasteiger charge is 2.13. The predicted octanol–water partition coefficient (Wildman–Crippen LogP) is 2.30. The molecule has 0 saturated heterocycles. The van der Waals surface area contributed by atoms with E-state index in [0.29, 0.717) is 5.69 Å². The van der Waals surface area contributed by atoms with E-state index >= 15 is 0 Å². The van der Waals surface area contributed by atoms with Gasteiger partial charge < -0.3 is 0 Å². The number of nitriles is 1. The fourth-order valence-electron chi connectivity index (χ4n) is 1.93. The predicted molar refractivity (Wildman–Crippen MR) is 65.4 cm³/mol. The largest absolute Gasteiger partial charge is 0.299 e. The highest BCUT2D eigenvalue weighted by atomic mass is 15.4. The molecule has 2 N–H and O–H groups in total. The zero-order chi connectivity index (χ0) is 11.7. The van der Waals surface area contributed by atoms with Crippen LogP contribution in [0.1, 0.15) is 16.8 Å². The zero-order valence-corrected chi connectivity index (χ0v) is 9.07. The summed E-state index contributed by atoms with van der Waals surface area (Å²) in [4.78, 5) is 4.24. The first kappa shape index (κ1) is 9.67. The van der Waals surface area contributed by atoms with E-state index < -0.39 is 0 Å². The second-order valence-electron chi connectivity index (χ2n) is 3.90. The molecule has 0 fully saturated rings. The summed E-state index contributed by atoms with van der Waals surface area (Å²) in [6, 6.07) is 13.8. The van der Waals surface area contributed by atoms with Crippen molar-refractivity contribution in [1.82, 2.24) is 4.98 Å². The van der Waals surface area contributed by atoms with Crippen molar-refractivity contribution >= 4 is 11.5 Å². The normalized spacial score (nSPS) is 12.2. The van der Waals surface area contributed by atoms with Gasteiger partial charge >= 0.3 is 0 Å². The van der Waals surface area contributed by atoms with Gasteiger partial charge in [0, 0.05) is 12.0 Å². The Labute approximate surface area is 98.9 Å². The lowest BCUT2D eigenvalue weighted by Gasteiger charge is -2.07. The lowest BCUT2D eigenvalue weighted by Crippen LogP contribution is -2.10. The quantitative estimate of drug-likeness (QED) is 0.718. The Morgan fingerprint density at radius 3 is 2.82 bits per heavy atom. The van der Waals surface area contributed by atoms with Crippen LogP contribution in [0.15, 0.2) is 36.4 Å². The van der Waals surface area contributed by atoms with Crippen LogP contribution in [0, 0.1) is 11.3 Å². The monoisotopic (exact) mass is 222 g/mol. The summed E-state index contributed by atoms with van der Waals surface area (Å²) >= 11 is 0. The third-order valence-corrected chi connectivity index (χ3v) is 2.81. The minimum absolute atomic E-state index is 0.420. The number of aromatic nitrogens is 1. The van der Waals surface area contributed by atoms with E-state index in [1.807, 2.05) is 30.3 Å². The highest BCUT2D eigenvalue weighted by molar-refractivity contribution is 5.62. The van der Waals surface area contributed by atoms with Crippen LogP contribution in [0.2, 0.25) is 0 Å². The molecule has 3 rings (SSSR count). The number of hydrogen-bond acceptors (Lipinski definition) is 4. The Morgan fingerprint density at radius 2 is 1.94 bits per heavy atom. The van der Waals surface area contributed by atoms with E-state index in [9.17, 15) is 0 Å². The van der Waals surface area contributed by atoms with Gasteiger partial charge in [-0.3, -0.25) is 10.9 Å². The summed E-state index contributed by atoms with van der Waals surface area (Å²) in [5.41, 5.74) is 9.92. The Kier molecular flexibility index (Phi) is 2.16. The molecule has 4 heteroatoms. The standard InChI is InChI=1S/C13H10N4/c14-8-11-6-5-10-7-9-3-1-2-4-12(9)16-17-13(10)15-11/h1-6,16H,7H2,(H,15,17). The molecule has 1 aliphatic heterocycles. The Morgan fingerprint density at radius 1 is 1.06 bits per heavy atom. The average molecular weight is 222 g/mol. The number of benzene rings is 1. The average Bonchev–Trinajstić information content (AvgIpc) is 2.57. The molecule has 17 heavy (non-hydrogen) atoms. The molecule has 1 aliphatic rings. The molecule has 0 spiro atoms. The van der Waals surface area contributed by atoms with Gasteiger partial charge in [-0.05, 0) is 17.7 Å². The molecule has 1 aromatic heterocycles. The zero-order valence-electron chi connectivity index (χ0n) is 9.07. The van der Waals surface area contributed by atoms with Crippen LogP contribution in [0.25, 0.3) is 0 Å². The van der Waals surface area contributed by atoms with E-state index in [4.69, 9.17) is 5.26 Å². The van der Waals surface area contributed by atoms with Crippen LogP contribution in [0.4, 0.5) is 11.5 Å². The first-order valence-corrected chi connectivity index (χ1v) is 5.37. The maximum Gasteiger partial charge on any atom is 0.149 e. The van der Waals surface area contributed by atoms with Crippen LogP contribution in [-0.4, -0.2) is 4.98 Å². The minimum atomic E-state index is 0.420. The minimum Gasteiger partial charge on any atom is -0.299 e. The fraction of sp³-hybridized carbons (Fsp3) is 0.0769. The first-order valence-electron chi connectivity index (χ1n) is 5.37. The van der Waals surface area contributed by atoms with Crippen LogP contribution in [0.5, 0.6) is 0 Å². The maximum absolute atomic E-state index is 8.82. The van der Waals surface area contributed by atoms with Gasteiger partial charge in [-0.25, -0.2) is 4.98 Å². The number of nitrogens with zero attached hydrogens (tertiary/aromatic N) is 2.